The number of hydrogen-bond acceptors (Lipinski definition) is 3. The van der Waals surface area contributed by atoms with Crippen LogP contribution in [0.2, 0.25) is 0 Å². The van der Waals surface area contributed by atoms with Gasteiger partial charge in [-0.25, -0.2) is 4.39 Å². The minimum atomic E-state index is -0.555. The zero-order valence-electron chi connectivity index (χ0n) is 11.7. The second-order valence-corrected chi connectivity index (χ2v) is 4.72. The van der Waals surface area contributed by atoms with Gasteiger partial charge in [-0.05, 0) is 42.3 Å². The van der Waals surface area contributed by atoms with Crippen molar-refractivity contribution in [2.24, 2.45) is 0 Å². The molecule has 4 nitrogen and oxygen atoms in total. The van der Waals surface area contributed by atoms with Crippen molar-refractivity contribution in [1.29, 1.82) is 0 Å². The molecule has 3 N–H and O–H groups in total. The quantitative estimate of drug-likeness (QED) is 0.792. The number of hydrogen-bond donors (Lipinski definition) is 3. The van der Waals surface area contributed by atoms with Crippen LogP contribution in [0.3, 0.4) is 0 Å². The van der Waals surface area contributed by atoms with Gasteiger partial charge in [0.15, 0.2) is 0 Å². The molecule has 0 aliphatic heterocycles. The number of aliphatic hydroxyl groups excluding tert-OH is 1. The lowest BCUT2D eigenvalue weighted by atomic mass is 10.1. The molecule has 0 spiro atoms. The number of amides is 1. The van der Waals surface area contributed by atoms with E-state index in [0.29, 0.717) is 17.8 Å². The molecule has 0 saturated heterocycles. The summed E-state index contributed by atoms with van der Waals surface area (Å²) in [6, 6.07) is 12.2. The summed E-state index contributed by atoms with van der Waals surface area (Å²) in [5.74, 6) is -0.689. The highest BCUT2D eigenvalue weighted by molar-refractivity contribution is 5.91. The van der Waals surface area contributed by atoms with E-state index in [9.17, 15) is 9.18 Å². The summed E-state index contributed by atoms with van der Waals surface area (Å²) in [6.45, 7) is 1.65. The van der Waals surface area contributed by atoms with Crippen molar-refractivity contribution >= 4 is 17.3 Å². The number of benzene rings is 2. The topological polar surface area (TPSA) is 61.4 Å². The average Bonchev–Trinajstić information content (AvgIpc) is 2.49. The fraction of sp³-hybridized carbons (Fsp3) is 0.188. The first kappa shape index (κ1) is 15.0. The first-order valence-corrected chi connectivity index (χ1v) is 6.58. The van der Waals surface area contributed by atoms with Crippen LogP contribution >= 0.6 is 0 Å². The molecule has 0 radical (unpaired) electrons. The number of anilines is 2. The maximum atomic E-state index is 13.5. The van der Waals surface area contributed by atoms with E-state index in [-0.39, 0.29) is 5.82 Å². The highest BCUT2D eigenvalue weighted by Gasteiger charge is 2.02. The third kappa shape index (κ3) is 4.29. The van der Waals surface area contributed by atoms with Crippen LogP contribution in [0, 0.1) is 12.7 Å². The third-order valence-electron chi connectivity index (χ3n) is 3.02. The van der Waals surface area contributed by atoms with E-state index in [0.717, 1.165) is 11.3 Å². The number of nitrogens with one attached hydrogen (secondary N) is 2. The van der Waals surface area contributed by atoms with E-state index in [1.54, 1.807) is 31.2 Å². The maximum absolute atomic E-state index is 13.5. The first-order chi connectivity index (χ1) is 10.1. The van der Waals surface area contributed by atoms with Gasteiger partial charge in [0, 0.05) is 17.9 Å². The van der Waals surface area contributed by atoms with Crippen molar-refractivity contribution in [2.75, 3.05) is 17.2 Å². The molecule has 0 saturated carbocycles. The molecule has 0 aliphatic rings. The highest BCUT2D eigenvalue weighted by Crippen LogP contribution is 2.17. The number of aliphatic hydroxyl groups is 1. The van der Waals surface area contributed by atoms with Crippen LogP contribution in [0.5, 0.6) is 0 Å². The second kappa shape index (κ2) is 6.85. The van der Waals surface area contributed by atoms with E-state index in [2.05, 4.69) is 10.6 Å². The van der Waals surface area contributed by atoms with E-state index in [1.807, 2.05) is 12.1 Å². The molecule has 0 heterocycles. The molecular weight excluding hydrogens is 271 g/mol. The van der Waals surface area contributed by atoms with Crippen molar-refractivity contribution in [3.05, 3.63) is 59.4 Å². The zero-order chi connectivity index (χ0) is 15.2. The SMILES string of the molecule is Cc1ccc(CNc2cccc(NC(=O)CO)c2)cc1F. The molecule has 2 aromatic carbocycles. The Labute approximate surface area is 122 Å². The van der Waals surface area contributed by atoms with Crippen molar-refractivity contribution < 1.29 is 14.3 Å². The largest absolute Gasteiger partial charge is 0.387 e. The monoisotopic (exact) mass is 288 g/mol. The van der Waals surface area contributed by atoms with Crippen LogP contribution in [0.1, 0.15) is 11.1 Å². The highest BCUT2D eigenvalue weighted by atomic mass is 19.1. The fourth-order valence-corrected chi connectivity index (χ4v) is 1.86. The van der Waals surface area contributed by atoms with Gasteiger partial charge in [0.05, 0.1) is 0 Å². The van der Waals surface area contributed by atoms with Crippen molar-refractivity contribution in [1.82, 2.24) is 0 Å². The summed E-state index contributed by atoms with van der Waals surface area (Å²) in [5.41, 5.74) is 2.84. The van der Waals surface area contributed by atoms with E-state index >= 15 is 0 Å². The van der Waals surface area contributed by atoms with Gasteiger partial charge in [-0.2, -0.15) is 0 Å². The van der Waals surface area contributed by atoms with Crippen LogP contribution in [-0.4, -0.2) is 17.6 Å². The molecule has 0 aliphatic carbocycles. The standard InChI is InChI=1S/C16H17FN2O2/c1-11-5-6-12(7-15(11)17)9-18-13-3-2-4-14(8-13)19-16(21)10-20/h2-8,18,20H,9-10H2,1H3,(H,19,21). The predicted octanol–water partition coefficient (Wildman–Crippen LogP) is 2.68. The van der Waals surface area contributed by atoms with Gasteiger partial charge in [0.1, 0.15) is 12.4 Å². The molecule has 0 bridgehead atoms. The Morgan fingerprint density at radius 1 is 1.19 bits per heavy atom. The first-order valence-electron chi connectivity index (χ1n) is 6.58. The molecule has 0 aromatic heterocycles. The summed E-state index contributed by atoms with van der Waals surface area (Å²) in [7, 11) is 0. The molecule has 0 fully saturated rings. The molecule has 21 heavy (non-hydrogen) atoms. The van der Waals surface area contributed by atoms with Gasteiger partial charge in [-0.1, -0.05) is 18.2 Å². The third-order valence-corrected chi connectivity index (χ3v) is 3.02. The Balaban J connectivity index is 2.01. The van der Waals surface area contributed by atoms with Gasteiger partial charge in [-0.15, -0.1) is 0 Å². The number of halogens is 1. The molecule has 5 heteroatoms. The van der Waals surface area contributed by atoms with Crippen molar-refractivity contribution in [3.8, 4) is 0 Å². The fourth-order valence-electron chi connectivity index (χ4n) is 1.86. The molecule has 0 atom stereocenters. The maximum Gasteiger partial charge on any atom is 0.250 e. The van der Waals surface area contributed by atoms with Crippen molar-refractivity contribution in [3.63, 3.8) is 0 Å². The number of rotatable bonds is 5. The number of aryl methyl sites for hydroxylation is 1. The lowest BCUT2D eigenvalue weighted by molar-refractivity contribution is -0.118. The normalized spacial score (nSPS) is 10.2. The number of carbonyl (C=O) groups excluding carboxylic acids is 1. The summed E-state index contributed by atoms with van der Waals surface area (Å²) < 4.78 is 13.5. The van der Waals surface area contributed by atoms with Gasteiger partial charge >= 0.3 is 0 Å². The minimum absolute atomic E-state index is 0.224. The van der Waals surface area contributed by atoms with Gasteiger partial charge in [0.25, 0.3) is 0 Å². The van der Waals surface area contributed by atoms with Crippen LogP contribution in [-0.2, 0) is 11.3 Å². The van der Waals surface area contributed by atoms with Gasteiger partial charge in [-0.3, -0.25) is 4.79 Å². The zero-order valence-corrected chi connectivity index (χ0v) is 11.7. The van der Waals surface area contributed by atoms with E-state index < -0.39 is 12.5 Å². The van der Waals surface area contributed by atoms with E-state index in [1.165, 1.54) is 6.07 Å². The predicted molar refractivity (Wildman–Crippen MR) is 80.6 cm³/mol. The lowest BCUT2D eigenvalue weighted by Crippen LogP contribution is -2.15. The molecule has 1 amide bonds. The second-order valence-electron chi connectivity index (χ2n) is 4.72. The summed E-state index contributed by atoms with van der Waals surface area (Å²) in [5, 5.41) is 14.4. The Morgan fingerprint density at radius 2 is 1.95 bits per heavy atom. The molecule has 110 valence electrons. The summed E-state index contributed by atoms with van der Waals surface area (Å²) in [4.78, 5) is 11.1. The van der Waals surface area contributed by atoms with Gasteiger partial charge < -0.3 is 15.7 Å². The minimum Gasteiger partial charge on any atom is -0.387 e. The Morgan fingerprint density at radius 3 is 2.67 bits per heavy atom. The Bertz CT molecular complexity index is 644. The van der Waals surface area contributed by atoms with Crippen LogP contribution < -0.4 is 10.6 Å². The lowest BCUT2D eigenvalue weighted by Gasteiger charge is -2.10. The summed E-state index contributed by atoms with van der Waals surface area (Å²) in [6.07, 6.45) is 0. The Hall–Kier alpha value is -2.40. The molecule has 2 rings (SSSR count). The van der Waals surface area contributed by atoms with Crippen LogP contribution in [0.15, 0.2) is 42.5 Å². The van der Waals surface area contributed by atoms with Crippen LogP contribution in [0.4, 0.5) is 15.8 Å². The van der Waals surface area contributed by atoms with E-state index in [4.69, 9.17) is 5.11 Å². The molecule has 0 unspecified atom stereocenters. The van der Waals surface area contributed by atoms with Gasteiger partial charge in [0.2, 0.25) is 5.91 Å². The van der Waals surface area contributed by atoms with Crippen molar-refractivity contribution in [2.45, 2.75) is 13.5 Å². The molecule has 2 aromatic rings. The summed E-state index contributed by atoms with van der Waals surface area (Å²) >= 11 is 0. The molecular formula is C16H17FN2O2. The number of carbonyl (C=O) groups is 1. The van der Waals surface area contributed by atoms with Crippen LogP contribution in [0.25, 0.3) is 0 Å². The average molecular weight is 288 g/mol. The Kier molecular flexibility index (Phi) is 4.90. The smallest absolute Gasteiger partial charge is 0.250 e.